The van der Waals surface area contributed by atoms with E-state index < -0.39 is 33.7 Å². The second-order valence-corrected chi connectivity index (χ2v) is 12.0. The summed E-state index contributed by atoms with van der Waals surface area (Å²) in [5.41, 5.74) is 7.60. The number of aryl methyl sites for hydroxylation is 4. The first-order valence-corrected chi connectivity index (χ1v) is 15.1. The predicted octanol–water partition coefficient (Wildman–Crippen LogP) is 7.49. The molecule has 3 aromatic carbocycles. The highest BCUT2D eigenvalue weighted by Gasteiger charge is 2.39. The molecule has 0 saturated carbocycles. The fourth-order valence-corrected chi connectivity index (χ4v) is 6.56. The van der Waals surface area contributed by atoms with Gasteiger partial charge in [0.1, 0.15) is 11.5 Å². The number of non-ortho nitro benzene ring substituents is 2. The van der Waals surface area contributed by atoms with Crippen molar-refractivity contribution in [2.45, 2.75) is 60.4 Å². The Kier molecular flexibility index (Phi) is 9.11. The predicted molar refractivity (Wildman–Crippen MR) is 179 cm³/mol. The molecule has 5 rings (SSSR count). The number of aromatic amines is 1. The highest BCUT2D eigenvalue weighted by molar-refractivity contribution is 6.21. The van der Waals surface area contributed by atoms with Gasteiger partial charge in [-0.3, -0.25) is 25.2 Å². The van der Waals surface area contributed by atoms with Crippen LogP contribution in [-0.2, 0) is 4.79 Å². The summed E-state index contributed by atoms with van der Waals surface area (Å²) in [7, 11) is 0. The number of carbonyl (C=O) groups excluding carboxylic acids is 2. The number of benzene rings is 3. The number of carbonyl (C=O) groups is 2. The Bertz CT molecular complexity index is 2020. The summed E-state index contributed by atoms with van der Waals surface area (Å²) < 4.78 is 11.3. The van der Waals surface area contributed by atoms with Gasteiger partial charge in [0.25, 0.3) is 11.4 Å². The van der Waals surface area contributed by atoms with Crippen LogP contribution >= 0.6 is 0 Å². The third-order valence-corrected chi connectivity index (χ3v) is 8.61. The molecule has 2 heterocycles. The second kappa shape index (κ2) is 13.1. The molecule has 1 N–H and O–H groups in total. The quantitative estimate of drug-likeness (QED) is 0.0841. The number of aromatic nitrogens is 1. The van der Waals surface area contributed by atoms with Gasteiger partial charge in [-0.15, -0.1) is 0 Å². The van der Waals surface area contributed by atoms with Crippen LogP contribution < -0.4 is 9.47 Å². The van der Waals surface area contributed by atoms with Gasteiger partial charge in [0.15, 0.2) is 0 Å². The van der Waals surface area contributed by atoms with Crippen molar-refractivity contribution in [3.63, 3.8) is 0 Å². The Morgan fingerprint density at radius 2 is 1.25 bits per heavy atom. The lowest BCUT2D eigenvalue weighted by atomic mass is 9.79. The summed E-state index contributed by atoms with van der Waals surface area (Å²) in [6, 6.07) is 14.2. The Morgan fingerprint density at radius 1 is 0.771 bits per heavy atom. The molecule has 0 saturated heterocycles. The van der Waals surface area contributed by atoms with Crippen molar-refractivity contribution in [3.8, 4) is 11.5 Å². The minimum atomic E-state index is -0.632. The molecule has 2 atom stereocenters. The number of nitro benzene ring substituents is 2. The SMILES string of the molecule is CC1=NC(C(c2[nH]c(C)c(C(=O)Oc3ccc([N+](=O)[O-])cc3)c2C)c2c(C)cc(C)cc2C)C(C)=C1C(=O)Oc1ccc([N+](=O)[O-])cc1. The maximum atomic E-state index is 13.5. The molecule has 1 aliphatic heterocycles. The summed E-state index contributed by atoms with van der Waals surface area (Å²) in [5, 5.41) is 22.1. The van der Waals surface area contributed by atoms with Crippen molar-refractivity contribution in [2.75, 3.05) is 0 Å². The Morgan fingerprint density at radius 3 is 1.73 bits per heavy atom. The molecular formula is C36H34N4O8. The van der Waals surface area contributed by atoms with Crippen molar-refractivity contribution < 1.29 is 28.9 Å². The molecule has 0 aliphatic carbocycles. The van der Waals surface area contributed by atoms with Crippen molar-refractivity contribution in [3.05, 3.63) is 137 Å². The average Bonchev–Trinajstić information content (AvgIpc) is 3.48. The van der Waals surface area contributed by atoms with Gasteiger partial charge in [0, 0.05) is 41.4 Å². The van der Waals surface area contributed by atoms with Gasteiger partial charge >= 0.3 is 11.9 Å². The molecule has 1 aromatic heterocycles. The van der Waals surface area contributed by atoms with Crippen LogP contribution in [0, 0.1) is 54.8 Å². The van der Waals surface area contributed by atoms with E-state index in [4.69, 9.17) is 14.5 Å². The Labute approximate surface area is 276 Å². The molecule has 2 unspecified atom stereocenters. The van der Waals surface area contributed by atoms with E-state index in [0.29, 0.717) is 33.7 Å². The molecule has 246 valence electrons. The summed E-state index contributed by atoms with van der Waals surface area (Å²) in [4.78, 5) is 56.5. The smallest absolute Gasteiger partial charge is 0.345 e. The minimum Gasteiger partial charge on any atom is -0.423 e. The van der Waals surface area contributed by atoms with E-state index in [2.05, 4.69) is 17.1 Å². The Hall–Kier alpha value is -5.91. The zero-order chi connectivity index (χ0) is 35.0. The van der Waals surface area contributed by atoms with Crippen molar-refractivity contribution in [2.24, 2.45) is 4.99 Å². The minimum absolute atomic E-state index is 0.121. The summed E-state index contributed by atoms with van der Waals surface area (Å²) in [6.07, 6.45) is 0. The number of nitro groups is 2. The molecule has 0 bridgehead atoms. The van der Waals surface area contributed by atoms with Crippen LogP contribution in [0.5, 0.6) is 11.5 Å². The van der Waals surface area contributed by atoms with Crippen LogP contribution in [0.1, 0.15) is 69.3 Å². The maximum Gasteiger partial charge on any atom is 0.345 e. The molecule has 0 spiro atoms. The zero-order valence-electron chi connectivity index (χ0n) is 27.5. The standard InChI is InChI=1S/C36H34N4O8/c1-18-16-19(2)29(20(3)17-18)32(33-21(4)30(23(6)37-33)35(41)47-27-12-8-25(9-13-27)39(43)44)34-22(5)31(24(7)38-34)36(42)48-28-14-10-26(11-15-28)40(45)46/h8-17,32-33,38H,1-7H3. The van der Waals surface area contributed by atoms with Gasteiger partial charge in [0.05, 0.1) is 32.9 Å². The highest BCUT2D eigenvalue weighted by Crippen LogP contribution is 2.43. The average molecular weight is 651 g/mol. The number of rotatable bonds is 9. The third kappa shape index (κ3) is 6.37. The van der Waals surface area contributed by atoms with E-state index in [1.165, 1.54) is 48.5 Å². The van der Waals surface area contributed by atoms with Gasteiger partial charge in [0.2, 0.25) is 0 Å². The van der Waals surface area contributed by atoms with Gasteiger partial charge in [-0.2, -0.15) is 0 Å². The van der Waals surface area contributed by atoms with Crippen LogP contribution in [0.25, 0.3) is 0 Å². The number of hydrogen-bond acceptors (Lipinski definition) is 9. The first-order chi connectivity index (χ1) is 22.7. The summed E-state index contributed by atoms with van der Waals surface area (Å²) in [6.45, 7) is 13.2. The fourth-order valence-electron chi connectivity index (χ4n) is 6.56. The molecule has 48 heavy (non-hydrogen) atoms. The van der Waals surface area contributed by atoms with Gasteiger partial charge in [-0.05, 0) is 101 Å². The largest absolute Gasteiger partial charge is 0.423 e. The number of hydrogen-bond donors (Lipinski definition) is 1. The second-order valence-electron chi connectivity index (χ2n) is 12.0. The normalized spacial score (nSPS) is 14.8. The van der Waals surface area contributed by atoms with Crippen LogP contribution in [0.4, 0.5) is 11.4 Å². The summed E-state index contributed by atoms with van der Waals surface area (Å²) >= 11 is 0. The number of aliphatic imine (C=N–C) groups is 1. The fraction of sp³-hybridized carbons (Fsp3) is 0.250. The lowest BCUT2D eigenvalue weighted by molar-refractivity contribution is -0.385. The van der Waals surface area contributed by atoms with E-state index in [-0.39, 0.29) is 22.9 Å². The zero-order valence-corrected chi connectivity index (χ0v) is 27.5. The topological polar surface area (TPSA) is 167 Å². The molecule has 0 fully saturated rings. The number of ether oxygens (including phenoxy) is 2. The van der Waals surface area contributed by atoms with Crippen molar-refractivity contribution >= 4 is 29.0 Å². The molecule has 0 radical (unpaired) electrons. The number of H-pyrrole nitrogens is 1. The number of nitrogens with zero attached hydrogens (tertiary/aromatic N) is 3. The van der Waals surface area contributed by atoms with E-state index in [0.717, 1.165) is 27.9 Å². The van der Waals surface area contributed by atoms with Crippen LogP contribution in [0.15, 0.2) is 76.8 Å². The molecule has 12 nitrogen and oxygen atoms in total. The monoisotopic (exact) mass is 650 g/mol. The van der Waals surface area contributed by atoms with E-state index in [1.54, 1.807) is 13.8 Å². The van der Waals surface area contributed by atoms with Gasteiger partial charge < -0.3 is 14.5 Å². The lowest BCUT2D eigenvalue weighted by Gasteiger charge is -2.27. The molecule has 12 heteroatoms. The highest BCUT2D eigenvalue weighted by atomic mass is 16.6. The van der Waals surface area contributed by atoms with Gasteiger partial charge in [-0.25, -0.2) is 9.59 Å². The number of esters is 2. The van der Waals surface area contributed by atoms with E-state index >= 15 is 0 Å². The molecule has 0 amide bonds. The van der Waals surface area contributed by atoms with Crippen LogP contribution in [0.3, 0.4) is 0 Å². The Balaban J connectivity index is 1.56. The van der Waals surface area contributed by atoms with Crippen molar-refractivity contribution in [1.29, 1.82) is 0 Å². The molecular weight excluding hydrogens is 616 g/mol. The van der Waals surface area contributed by atoms with E-state index in [9.17, 15) is 29.8 Å². The van der Waals surface area contributed by atoms with Gasteiger partial charge in [-0.1, -0.05) is 17.7 Å². The van der Waals surface area contributed by atoms with Crippen LogP contribution in [0.2, 0.25) is 0 Å². The number of nitrogens with one attached hydrogen (secondary N) is 1. The van der Waals surface area contributed by atoms with E-state index in [1.807, 2.05) is 34.6 Å². The maximum absolute atomic E-state index is 13.5. The molecule has 1 aliphatic rings. The third-order valence-electron chi connectivity index (χ3n) is 8.61. The first-order valence-electron chi connectivity index (χ1n) is 15.1. The molecule has 4 aromatic rings. The first kappa shape index (κ1) is 33.5. The van der Waals surface area contributed by atoms with Crippen molar-refractivity contribution in [1.82, 2.24) is 4.98 Å². The summed E-state index contributed by atoms with van der Waals surface area (Å²) in [5.74, 6) is -1.36. The van der Waals surface area contributed by atoms with Crippen LogP contribution in [-0.4, -0.2) is 38.5 Å². The lowest BCUT2D eigenvalue weighted by Crippen LogP contribution is -2.23.